The molecule has 1 aliphatic heterocycles. The van der Waals surface area contributed by atoms with Gasteiger partial charge in [-0.25, -0.2) is 0 Å². The van der Waals surface area contributed by atoms with E-state index in [1.807, 2.05) is 0 Å². The Morgan fingerprint density at radius 3 is 2.41 bits per heavy atom. The van der Waals surface area contributed by atoms with E-state index < -0.39 is 0 Å². The van der Waals surface area contributed by atoms with Crippen molar-refractivity contribution in [1.82, 2.24) is 5.32 Å². The summed E-state index contributed by atoms with van der Waals surface area (Å²) in [6, 6.07) is 21.8. The second kappa shape index (κ2) is 8.11. The van der Waals surface area contributed by atoms with E-state index >= 15 is 0 Å². The lowest BCUT2D eigenvalue weighted by Gasteiger charge is -2.20. The maximum atomic E-state index is 5.72. The van der Waals surface area contributed by atoms with Crippen LogP contribution in [-0.4, -0.2) is 19.3 Å². The summed E-state index contributed by atoms with van der Waals surface area (Å²) >= 11 is 0. The molecule has 22 heavy (non-hydrogen) atoms. The predicted molar refractivity (Wildman–Crippen MR) is 90.9 cm³/mol. The Bertz CT molecular complexity index is 534. The predicted octanol–water partition coefficient (Wildman–Crippen LogP) is 4.13. The molecule has 0 aromatic heterocycles. The van der Waals surface area contributed by atoms with Crippen LogP contribution >= 0.6 is 0 Å². The van der Waals surface area contributed by atoms with Gasteiger partial charge in [-0.15, -0.1) is 0 Å². The van der Waals surface area contributed by atoms with Gasteiger partial charge < -0.3 is 10.1 Å². The van der Waals surface area contributed by atoms with Gasteiger partial charge in [0.25, 0.3) is 0 Å². The summed E-state index contributed by atoms with van der Waals surface area (Å²) < 4.78 is 5.72. The minimum Gasteiger partial charge on any atom is -0.378 e. The average Bonchev–Trinajstić information content (AvgIpc) is 3.09. The number of hydrogen-bond donors (Lipinski definition) is 1. The highest BCUT2D eigenvalue weighted by molar-refractivity contribution is 5.23. The molecule has 1 aliphatic rings. The van der Waals surface area contributed by atoms with E-state index in [9.17, 15) is 0 Å². The standard InChI is InChI=1S/C20H25NO/c1-3-8-17(9-4-1)16-20(18-10-5-2-6-11-18)21-14-13-19-12-7-15-22-19/h1-6,8-11,19-21H,7,12-16H2/t19-,20+/m0/s1. The first kappa shape index (κ1) is 15.3. The van der Waals surface area contributed by atoms with Gasteiger partial charge in [0, 0.05) is 12.6 Å². The zero-order valence-electron chi connectivity index (χ0n) is 13.1. The largest absolute Gasteiger partial charge is 0.378 e. The first-order valence-corrected chi connectivity index (χ1v) is 8.35. The van der Waals surface area contributed by atoms with Gasteiger partial charge in [0.15, 0.2) is 0 Å². The monoisotopic (exact) mass is 295 g/mol. The van der Waals surface area contributed by atoms with Crippen LogP contribution in [0.2, 0.25) is 0 Å². The highest BCUT2D eigenvalue weighted by atomic mass is 16.5. The second-order valence-corrected chi connectivity index (χ2v) is 6.03. The Labute approximate surface area is 133 Å². The summed E-state index contributed by atoms with van der Waals surface area (Å²) in [5, 5.41) is 3.73. The van der Waals surface area contributed by atoms with Gasteiger partial charge in [-0.1, -0.05) is 60.7 Å². The summed E-state index contributed by atoms with van der Waals surface area (Å²) in [6.45, 7) is 1.95. The lowest BCUT2D eigenvalue weighted by molar-refractivity contribution is 0.103. The molecule has 1 N–H and O–H groups in total. The van der Waals surface area contributed by atoms with Crippen molar-refractivity contribution in [2.75, 3.05) is 13.2 Å². The Balaban J connectivity index is 1.61. The molecular formula is C20H25NO. The van der Waals surface area contributed by atoms with Gasteiger partial charge >= 0.3 is 0 Å². The van der Waals surface area contributed by atoms with Crippen LogP contribution in [0.4, 0.5) is 0 Å². The van der Waals surface area contributed by atoms with Crippen molar-refractivity contribution < 1.29 is 4.74 Å². The fraction of sp³-hybridized carbons (Fsp3) is 0.400. The highest BCUT2D eigenvalue weighted by Crippen LogP contribution is 2.20. The van der Waals surface area contributed by atoms with Crippen LogP contribution in [0.3, 0.4) is 0 Å². The number of hydrogen-bond acceptors (Lipinski definition) is 2. The van der Waals surface area contributed by atoms with Crippen LogP contribution in [0.5, 0.6) is 0 Å². The molecule has 0 bridgehead atoms. The zero-order chi connectivity index (χ0) is 15.0. The van der Waals surface area contributed by atoms with Crippen molar-refractivity contribution in [1.29, 1.82) is 0 Å². The van der Waals surface area contributed by atoms with E-state index in [-0.39, 0.29) is 0 Å². The van der Waals surface area contributed by atoms with E-state index in [1.54, 1.807) is 0 Å². The molecule has 0 unspecified atom stereocenters. The number of rotatable bonds is 7. The third-order valence-electron chi connectivity index (χ3n) is 4.37. The quantitative estimate of drug-likeness (QED) is 0.829. The van der Waals surface area contributed by atoms with Gasteiger partial charge in [-0.05, 0) is 43.4 Å². The van der Waals surface area contributed by atoms with Gasteiger partial charge in [0.1, 0.15) is 0 Å². The Kier molecular flexibility index (Phi) is 5.63. The van der Waals surface area contributed by atoms with E-state index in [0.29, 0.717) is 12.1 Å². The molecule has 0 radical (unpaired) electrons. The molecule has 2 heteroatoms. The van der Waals surface area contributed by atoms with E-state index in [0.717, 1.165) is 26.0 Å². The van der Waals surface area contributed by atoms with Crippen LogP contribution in [0, 0.1) is 0 Å². The molecule has 0 spiro atoms. The molecule has 2 atom stereocenters. The Morgan fingerprint density at radius 1 is 1.00 bits per heavy atom. The van der Waals surface area contributed by atoms with Gasteiger partial charge in [0.05, 0.1) is 6.10 Å². The van der Waals surface area contributed by atoms with Crippen molar-refractivity contribution in [3.63, 3.8) is 0 Å². The summed E-state index contributed by atoms with van der Waals surface area (Å²) in [7, 11) is 0. The fourth-order valence-corrected chi connectivity index (χ4v) is 3.13. The Morgan fingerprint density at radius 2 is 1.73 bits per heavy atom. The van der Waals surface area contributed by atoms with Crippen LogP contribution in [-0.2, 0) is 11.2 Å². The minimum absolute atomic E-state index is 0.366. The molecule has 0 aliphatic carbocycles. The van der Waals surface area contributed by atoms with Crippen molar-refractivity contribution in [3.05, 3.63) is 71.8 Å². The molecule has 1 saturated heterocycles. The van der Waals surface area contributed by atoms with Crippen LogP contribution in [0.15, 0.2) is 60.7 Å². The minimum atomic E-state index is 0.366. The molecule has 3 rings (SSSR count). The van der Waals surface area contributed by atoms with E-state index in [2.05, 4.69) is 66.0 Å². The smallest absolute Gasteiger partial charge is 0.0588 e. The van der Waals surface area contributed by atoms with Crippen molar-refractivity contribution in [2.45, 2.75) is 37.8 Å². The lowest BCUT2D eigenvalue weighted by atomic mass is 9.98. The van der Waals surface area contributed by atoms with Gasteiger partial charge in [0.2, 0.25) is 0 Å². The average molecular weight is 295 g/mol. The van der Waals surface area contributed by atoms with Crippen molar-refractivity contribution >= 4 is 0 Å². The van der Waals surface area contributed by atoms with Crippen LogP contribution < -0.4 is 5.32 Å². The highest BCUT2D eigenvalue weighted by Gasteiger charge is 2.16. The first-order valence-electron chi connectivity index (χ1n) is 8.35. The van der Waals surface area contributed by atoms with Gasteiger partial charge in [-0.3, -0.25) is 0 Å². The molecule has 2 aromatic rings. The molecule has 1 heterocycles. The topological polar surface area (TPSA) is 21.3 Å². The number of ether oxygens (including phenoxy) is 1. The van der Waals surface area contributed by atoms with Crippen molar-refractivity contribution in [2.24, 2.45) is 0 Å². The normalized spacial score (nSPS) is 19.2. The molecule has 0 amide bonds. The van der Waals surface area contributed by atoms with Crippen LogP contribution in [0.1, 0.15) is 36.4 Å². The second-order valence-electron chi connectivity index (χ2n) is 6.03. The number of nitrogens with one attached hydrogen (secondary N) is 1. The SMILES string of the molecule is c1ccc(C[C@@H](NCC[C@@H]2CCCO2)c2ccccc2)cc1. The third-order valence-corrected chi connectivity index (χ3v) is 4.37. The molecule has 116 valence electrons. The van der Waals surface area contributed by atoms with Crippen LogP contribution in [0.25, 0.3) is 0 Å². The third kappa shape index (κ3) is 4.43. The van der Waals surface area contributed by atoms with Gasteiger partial charge in [-0.2, -0.15) is 0 Å². The first-order chi connectivity index (χ1) is 10.9. The lowest BCUT2D eigenvalue weighted by Crippen LogP contribution is -2.26. The molecule has 1 fully saturated rings. The Hall–Kier alpha value is -1.64. The number of benzene rings is 2. The summed E-state index contributed by atoms with van der Waals surface area (Å²) in [5.74, 6) is 0. The molecular weight excluding hydrogens is 270 g/mol. The summed E-state index contributed by atoms with van der Waals surface area (Å²) in [5.41, 5.74) is 2.74. The maximum absolute atomic E-state index is 5.72. The maximum Gasteiger partial charge on any atom is 0.0588 e. The molecule has 2 nitrogen and oxygen atoms in total. The van der Waals surface area contributed by atoms with Crippen molar-refractivity contribution in [3.8, 4) is 0 Å². The summed E-state index contributed by atoms with van der Waals surface area (Å²) in [6.07, 6.45) is 5.03. The summed E-state index contributed by atoms with van der Waals surface area (Å²) in [4.78, 5) is 0. The fourth-order valence-electron chi connectivity index (χ4n) is 3.13. The van der Waals surface area contributed by atoms with E-state index in [1.165, 1.54) is 24.0 Å². The zero-order valence-corrected chi connectivity index (χ0v) is 13.1. The van der Waals surface area contributed by atoms with E-state index in [4.69, 9.17) is 4.74 Å². The molecule has 2 aromatic carbocycles. The molecule has 0 saturated carbocycles.